The molecule has 0 atom stereocenters. The molecule has 0 aromatic heterocycles. The number of carbonyl (C=O) groups excluding carboxylic acids is 1. The fourth-order valence-electron chi connectivity index (χ4n) is 1.21. The molecule has 16 heavy (non-hydrogen) atoms. The first kappa shape index (κ1) is 12.9. The lowest BCUT2D eigenvalue weighted by Gasteiger charge is -2.06. The van der Waals surface area contributed by atoms with Gasteiger partial charge >= 0.3 is 0 Å². The fourth-order valence-corrected chi connectivity index (χ4v) is 1.43. The number of hydrogen-bond donors (Lipinski definition) is 2. The maximum absolute atomic E-state index is 12.9. The van der Waals surface area contributed by atoms with Crippen molar-refractivity contribution in [3.63, 3.8) is 0 Å². The number of nitrogens with one attached hydrogen (secondary N) is 2. The summed E-state index contributed by atoms with van der Waals surface area (Å²) in [5.41, 5.74) is 0.369. The first-order valence-electron chi connectivity index (χ1n) is 5.08. The summed E-state index contributed by atoms with van der Waals surface area (Å²) in [6.45, 7) is 3.00. The van der Waals surface area contributed by atoms with Crippen LogP contribution in [0.3, 0.4) is 0 Å². The molecule has 0 aliphatic rings. The van der Waals surface area contributed by atoms with E-state index < -0.39 is 5.82 Å². The van der Waals surface area contributed by atoms with Gasteiger partial charge in [-0.2, -0.15) is 0 Å². The molecular weight excluding hydrogens is 231 g/mol. The van der Waals surface area contributed by atoms with Crippen LogP contribution in [0.15, 0.2) is 18.2 Å². The fraction of sp³-hybridized carbons (Fsp3) is 0.364. The molecule has 0 spiro atoms. The van der Waals surface area contributed by atoms with Crippen molar-refractivity contribution in [2.24, 2.45) is 0 Å². The minimum atomic E-state index is -0.468. The number of carbonyl (C=O) groups is 1. The van der Waals surface area contributed by atoms with Gasteiger partial charge in [-0.05, 0) is 31.2 Å². The van der Waals surface area contributed by atoms with Crippen LogP contribution in [0.5, 0.6) is 0 Å². The number of hydrogen-bond acceptors (Lipinski definition) is 2. The maximum Gasteiger partial charge on any atom is 0.238 e. The Bertz CT molecular complexity index is 351. The first-order valence-corrected chi connectivity index (χ1v) is 5.46. The Morgan fingerprint density at radius 3 is 2.81 bits per heavy atom. The quantitative estimate of drug-likeness (QED) is 0.781. The molecule has 0 saturated carbocycles. The second-order valence-electron chi connectivity index (χ2n) is 3.38. The van der Waals surface area contributed by atoms with E-state index in [4.69, 9.17) is 11.6 Å². The number of rotatable bonds is 5. The third kappa shape index (κ3) is 4.59. The molecular formula is C11H14ClFN2O. The van der Waals surface area contributed by atoms with Crippen molar-refractivity contribution in [2.75, 3.05) is 18.4 Å². The average molecular weight is 245 g/mol. The molecule has 1 aromatic rings. The lowest BCUT2D eigenvalue weighted by atomic mass is 10.3. The second kappa shape index (κ2) is 6.45. The summed E-state index contributed by atoms with van der Waals surface area (Å²) >= 11 is 5.65. The van der Waals surface area contributed by atoms with E-state index in [1.54, 1.807) is 0 Å². The second-order valence-corrected chi connectivity index (χ2v) is 3.82. The van der Waals surface area contributed by atoms with E-state index in [-0.39, 0.29) is 17.5 Å². The van der Waals surface area contributed by atoms with Gasteiger partial charge in [0.2, 0.25) is 5.91 Å². The van der Waals surface area contributed by atoms with Gasteiger partial charge in [0.1, 0.15) is 5.82 Å². The highest BCUT2D eigenvalue weighted by atomic mass is 35.5. The number of halogens is 2. The van der Waals surface area contributed by atoms with Crippen molar-refractivity contribution < 1.29 is 9.18 Å². The Kier molecular flexibility index (Phi) is 5.22. The smallest absolute Gasteiger partial charge is 0.238 e. The SMILES string of the molecule is CCCNCC(=O)Nc1cc(F)cc(Cl)c1. The molecule has 0 bridgehead atoms. The van der Waals surface area contributed by atoms with E-state index in [0.29, 0.717) is 5.69 Å². The summed E-state index contributed by atoms with van der Waals surface area (Å²) in [6.07, 6.45) is 0.957. The zero-order valence-electron chi connectivity index (χ0n) is 9.02. The van der Waals surface area contributed by atoms with Crippen LogP contribution in [0.4, 0.5) is 10.1 Å². The molecule has 3 nitrogen and oxygen atoms in total. The van der Waals surface area contributed by atoms with Crippen molar-refractivity contribution in [2.45, 2.75) is 13.3 Å². The van der Waals surface area contributed by atoms with Gasteiger partial charge in [0.05, 0.1) is 6.54 Å². The van der Waals surface area contributed by atoms with Crippen LogP contribution in [-0.4, -0.2) is 19.0 Å². The predicted molar refractivity (Wildman–Crippen MR) is 63.2 cm³/mol. The third-order valence-corrected chi connectivity index (χ3v) is 2.08. The van der Waals surface area contributed by atoms with E-state index in [9.17, 15) is 9.18 Å². The molecule has 0 heterocycles. The standard InChI is InChI=1S/C11H14ClFN2O/c1-2-3-14-7-11(16)15-10-5-8(12)4-9(13)6-10/h4-6,14H,2-3,7H2,1H3,(H,15,16). The molecule has 0 aliphatic carbocycles. The topological polar surface area (TPSA) is 41.1 Å². The van der Waals surface area contributed by atoms with E-state index >= 15 is 0 Å². The van der Waals surface area contributed by atoms with Crippen molar-refractivity contribution in [3.05, 3.63) is 29.0 Å². The largest absolute Gasteiger partial charge is 0.325 e. The van der Waals surface area contributed by atoms with Gasteiger partial charge in [-0.1, -0.05) is 18.5 Å². The van der Waals surface area contributed by atoms with E-state index in [0.717, 1.165) is 13.0 Å². The van der Waals surface area contributed by atoms with E-state index in [1.807, 2.05) is 6.92 Å². The molecule has 0 unspecified atom stereocenters. The summed E-state index contributed by atoms with van der Waals surface area (Å²) < 4.78 is 12.9. The Morgan fingerprint density at radius 2 is 2.19 bits per heavy atom. The summed E-state index contributed by atoms with van der Waals surface area (Å²) in [7, 11) is 0. The highest BCUT2D eigenvalue weighted by molar-refractivity contribution is 6.30. The van der Waals surface area contributed by atoms with Crippen LogP contribution >= 0.6 is 11.6 Å². The monoisotopic (exact) mass is 244 g/mol. The number of amides is 1. The lowest BCUT2D eigenvalue weighted by molar-refractivity contribution is -0.115. The van der Waals surface area contributed by atoms with Crippen LogP contribution < -0.4 is 10.6 Å². The number of anilines is 1. The summed E-state index contributed by atoms with van der Waals surface area (Å²) in [5, 5.41) is 5.76. The summed E-state index contributed by atoms with van der Waals surface area (Å²) in [5.74, 6) is -0.681. The Labute approximate surface area is 99.0 Å². The van der Waals surface area contributed by atoms with Crippen LogP contribution in [-0.2, 0) is 4.79 Å². The van der Waals surface area contributed by atoms with Gasteiger partial charge < -0.3 is 10.6 Å². The van der Waals surface area contributed by atoms with Gasteiger partial charge in [-0.25, -0.2) is 4.39 Å². The highest BCUT2D eigenvalue weighted by Gasteiger charge is 2.03. The minimum absolute atomic E-state index is 0.210. The van der Waals surface area contributed by atoms with Crippen LogP contribution in [0.1, 0.15) is 13.3 Å². The molecule has 2 N–H and O–H groups in total. The number of benzene rings is 1. The highest BCUT2D eigenvalue weighted by Crippen LogP contribution is 2.17. The van der Waals surface area contributed by atoms with Gasteiger partial charge in [-0.3, -0.25) is 4.79 Å². The van der Waals surface area contributed by atoms with Gasteiger partial charge in [0, 0.05) is 10.7 Å². The molecule has 0 aliphatic heterocycles. The molecule has 0 saturated heterocycles. The summed E-state index contributed by atoms with van der Waals surface area (Å²) in [6, 6.07) is 3.92. The lowest BCUT2D eigenvalue weighted by Crippen LogP contribution is -2.28. The molecule has 5 heteroatoms. The molecule has 0 radical (unpaired) electrons. The van der Waals surface area contributed by atoms with Crippen LogP contribution in [0.2, 0.25) is 5.02 Å². The molecule has 88 valence electrons. The van der Waals surface area contributed by atoms with Gasteiger partial charge in [0.25, 0.3) is 0 Å². The predicted octanol–water partition coefficient (Wildman–Crippen LogP) is 2.42. The van der Waals surface area contributed by atoms with Crippen LogP contribution in [0, 0.1) is 5.82 Å². The zero-order valence-corrected chi connectivity index (χ0v) is 9.77. The van der Waals surface area contributed by atoms with Crippen molar-refractivity contribution in [3.8, 4) is 0 Å². The van der Waals surface area contributed by atoms with E-state index in [2.05, 4.69) is 10.6 Å². The molecule has 1 rings (SSSR count). The molecule has 0 fully saturated rings. The first-order chi connectivity index (χ1) is 7.61. The molecule has 1 amide bonds. The maximum atomic E-state index is 12.9. The third-order valence-electron chi connectivity index (χ3n) is 1.86. The normalized spacial score (nSPS) is 10.2. The average Bonchev–Trinajstić information content (AvgIpc) is 2.16. The van der Waals surface area contributed by atoms with Crippen LogP contribution in [0.25, 0.3) is 0 Å². The minimum Gasteiger partial charge on any atom is -0.325 e. The Hall–Kier alpha value is -1.13. The van der Waals surface area contributed by atoms with Crippen molar-refractivity contribution in [1.29, 1.82) is 0 Å². The van der Waals surface area contributed by atoms with Gasteiger partial charge in [-0.15, -0.1) is 0 Å². The van der Waals surface area contributed by atoms with Crippen molar-refractivity contribution in [1.82, 2.24) is 5.32 Å². The van der Waals surface area contributed by atoms with Crippen molar-refractivity contribution >= 4 is 23.2 Å². The Morgan fingerprint density at radius 1 is 1.44 bits per heavy atom. The van der Waals surface area contributed by atoms with Gasteiger partial charge in [0.15, 0.2) is 0 Å². The molecule has 1 aromatic carbocycles. The zero-order chi connectivity index (χ0) is 12.0. The van der Waals surface area contributed by atoms with E-state index in [1.165, 1.54) is 18.2 Å². The Balaban J connectivity index is 2.49. The summed E-state index contributed by atoms with van der Waals surface area (Å²) in [4.78, 5) is 11.4.